The SMILES string of the molecule is CC(=O)NC(CC(=O)OCc1ccc(-n2cccn2)cc1)c1ccc(Cl)cc1. The summed E-state index contributed by atoms with van der Waals surface area (Å²) in [6.07, 6.45) is 3.60. The number of benzene rings is 2. The number of carbonyl (C=O) groups is 2. The Morgan fingerprint density at radius 1 is 1.14 bits per heavy atom. The van der Waals surface area contributed by atoms with Crippen LogP contribution < -0.4 is 5.32 Å². The van der Waals surface area contributed by atoms with Gasteiger partial charge in [0, 0.05) is 24.3 Å². The Morgan fingerprint density at radius 3 is 2.46 bits per heavy atom. The van der Waals surface area contributed by atoms with Gasteiger partial charge in [-0.1, -0.05) is 35.9 Å². The van der Waals surface area contributed by atoms with E-state index in [1.807, 2.05) is 36.5 Å². The van der Waals surface area contributed by atoms with Crippen molar-refractivity contribution in [2.24, 2.45) is 0 Å². The van der Waals surface area contributed by atoms with Crippen LogP contribution in [-0.4, -0.2) is 21.7 Å². The fourth-order valence-electron chi connectivity index (χ4n) is 2.75. The molecule has 0 spiro atoms. The number of carbonyl (C=O) groups excluding carboxylic acids is 2. The van der Waals surface area contributed by atoms with Gasteiger partial charge in [0.1, 0.15) is 6.61 Å². The summed E-state index contributed by atoms with van der Waals surface area (Å²) in [6.45, 7) is 1.57. The van der Waals surface area contributed by atoms with Crippen LogP contribution in [0.2, 0.25) is 5.02 Å². The number of hydrogen-bond donors (Lipinski definition) is 1. The van der Waals surface area contributed by atoms with Crippen LogP contribution in [0.5, 0.6) is 0 Å². The monoisotopic (exact) mass is 397 g/mol. The maximum Gasteiger partial charge on any atom is 0.308 e. The number of halogens is 1. The molecule has 0 aliphatic carbocycles. The fraction of sp³-hybridized carbons (Fsp3) is 0.190. The number of nitrogens with one attached hydrogen (secondary N) is 1. The van der Waals surface area contributed by atoms with E-state index < -0.39 is 12.0 Å². The normalized spacial score (nSPS) is 11.6. The zero-order valence-electron chi connectivity index (χ0n) is 15.3. The highest BCUT2D eigenvalue weighted by molar-refractivity contribution is 6.30. The largest absolute Gasteiger partial charge is 0.461 e. The number of rotatable bonds is 7. The maximum absolute atomic E-state index is 12.3. The van der Waals surface area contributed by atoms with Gasteiger partial charge in [0.15, 0.2) is 0 Å². The molecular formula is C21H20ClN3O3. The molecule has 0 saturated heterocycles. The minimum absolute atomic E-state index is 0.0343. The molecule has 3 rings (SSSR count). The average molecular weight is 398 g/mol. The first-order chi connectivity index (χ1) is 13.5. The zero-order chi connectivity index (χ0) is 19.9. The lowest BCUT2D eigenvalue weighted by atomic mass is 10.0. The number of nitrogens with zero attached hydrogens (tertiary/aromatic N) is 2. The summed E-state index contributed by atoms with van der Waals surface area (Å²) in [5.74, 6) is -0.619. The molecule has 7 heteroatoms. The van der Waals surface area contributed by atoms with Gasteiger partial charge in [-0.3, -0.25) is 9.59 Å². The third-order valence-corrected chi connectivity index (χ3v) is 4.38. The van der Waals surface area contributed by atoms with E-state index in [1.165, 1.54) is 6.92 Å². The van der Waals surface area contributed by atoms with Crippen molar-refractivity contribution in [3.05, 3.63) is 83.1 Å². The summed E-state index contributed by atoms with van der Waals surface area (Å²) in [7, 11) is 0. The van der Waals surface area contributed by atoms with Crippen molar-refractivity contribution in [3.63, 3.8) is 0 Å². The first kappa shape index (κ1) is 19.6. The van der Waals surface area contributed by atoms with Crippen molar-refractivity contribution in [3.8, 4) is 5.69 Å². The Labute approximate surface area is 168 Å². The first-order valence-corrected chi connectivity index (χ1v) is 9.16. The van der Waals surface area contributed by atoms with Crippen LogP contribution in [0.25, 0.3) is 5.69 Å². The van der Waals surface area contributed by atoms with Gasteiger partial charge in [0.25, 0.3) is 0 Å². The molecule has 1 N–H and O–H groups in total. The molecule has 0 bridgehead atoms. The smallest absolute Gasteiger partial charge is 0.308 e. The molecule has 1 amide bonds. The van der Waals surface area contributed by atoms with Crippen LogP contribution in [0.3, 0.4) is 0 Å². The highest BCUT2D eigenvalue weighted by Gasteiger charge is 2.18. The van der Waals surface area contributed by atoms with Gasteiger partial charge in [-0.25, -0.2) is 4.68 Å². The summed E-state index contributed by atoms with van der Waals surface area (Å²) < 4.78 is 7.13. The van der Waals surface area contributed by atoms with Gasteiger partial charge in [-0.2, -0.15) is 5.10 Å². The molecule has 1 atom stereocenters. The standard InChI is InChI=1S/C21H20ClN3O3/c1-15(26)24-20(17-5-7-18(22)8-6-17)13-21(27)28-14-16-3-9-19(10-4-16)25-12-2-11-23-25/h2-12,20H,13-14H2,1H3,(H,24,26). The van der Waals surface area contributed by atoms with Crippen LogP contribution >= 0.6 is 11.6 Å². The minimum Gasteiger partial charge on any atom is -0.461 e. The Kier molecular flexibility index (Phi) is 6.45. The molecule has 0 radical (unpaired) electrons. The number of esters is 1. The van der Waals surface area contributed by atoms with Gasteiger partial charge >= 0.3 is 5.97 Å². The van der Waals surface area contributed by atoms with E-state index in [2.05, 4.69) is 10.4 Å². The molecule has 28 heavy (non-hydrogen) atoms. The summed E-state index contributed by atoms with van der Waals surface area (Å²) >= 11 is 5.90. The predicted octanol–water partition coefficient (Wildman–Crippen LogP) is 3.84. The molecule has 1 unspecified atom stereocenters. The lowest BCUT2D eigenvalue weighted by molar-refractivity contribution is -0.145. The molecule has 0 fully saturated rings. The lowest BCUT2D eigenvalue weighted by Crippen LogP contribution is -2.28. The maximum atomic E-state index is 12.3. The van der Waals surface area contributed by atoms with Crippen LogP contribution in [0.4, 0.5) is 0 Å². The van der Waals surface area contributed by atoms with Crippen molar-refractivity contribution in [1.82, 2.24) is 15.1 Å². The molecule has 3 aromatic rings. The predicted molar refractivity (Wildman–Crippen MR) is 106 cm³/mol. The summed E-state index contributed by atoms with van der Waals surface area (Å²) in [5, 5.41) is 7.53. The molecule has 1 heterocycles. The van der Waals surface area contributed by atoms with Gasteiger partial charge < -0.3 is 10.1 Å². The molecule has 0 saturated carbocycles. The lowest BCUT2D eigenvalue weighted by Gasteiger charge is -2.18. The third kappa shape index (κ3) is 5.44. The van der Waals surface area contributed by atoms with Gasteiger partial charge in [0.05, 0.1) is 18.2 Å². The van der Waals surface area contributed by atoms with Crippen molar-refractivity contribution in [2.75, 3.05) is 0 Å². The average Bonchev–Trinajstić information content (AvgIpc) is 3.21. The zero-order valence-corrected chi connectivity index (χ0v) is 16.1. The summed E-state index contributed by atoms with van der Waals surface area (Å²) in [5.41, 5.74) is 2.58. The highest BCUT2D eigenvalue weighted by atomic mass is 35.5. The fourth-order valence-corrected chi connectivity index (χ4v) is 2.87. The molecule has 0 aliphatic heterocycles. The van der Waals surface area contributed by atoms with E-state index in [-0.39, 0.29) is 18.9 Å². The van der Waals surface area contributed by atoms with Gasteiger partial charge in [-0.05, 0) is 41.5 Å². The third-order valence-electron chi connectivity index (χ3n) is 4.13. The second-order valence-electron chi connectivity index (χ2n) is 6.29. The Bertz CT molecular complexity index is 923. The van der Waals surface area contributed by atoms with Crippen molar-refractivity contribution in [1.29, 1.82) is 0 Å². The minimum atomic E-state index is -0.468. The second kappa shape index (κ2) is 9.19. The van der Waals surface area contributed by atoms with E-state index in [0.717, 1.165) is 16.8 Å². The summed E-state index contributed by atoms with van der Waals surface area (Å²) in [6, 6.07) is 16.0. The van der Waals surface area contributed by atoms with Gasteiger partial charge in [-0.15, -0.1) is 0 Å². The van der Waals surface area contributed by atoms with E-state index in [1.54, 1.807) is 35.1 Å². The second-order valence-corrected chi connectivity index (χ2v) is 6.72. The first-order valence-electron chi connectivity index (χ1n) is 8.78. The number of ether oxygens (including phenoxy) is 1. The number of amides is 1. The molecule has 2 aromatic carbocycles. The molecule has 1 aromatic heterocycles. The molecular weight excluding hydrogens is 378 g/mol. The number of aromatic nitrogens is 2. The quantitative estimate of drug-likeness (QED) is 0.615. The van der Waals surface area contributed by atoms with E-state index in [9.17, 15) is 9.59 Å². The van der Waals surface area contributed by atoms with E-state index in [4.69, 9.17) is 16.3 Å². The van der Waals surface area contributed by atoms with Crippen LogP contribution in [0, 0.1) is 0 Å². The molecule has 6 nitrogen and oxygen atoms in total. The van der Waals surface area contributed by atoms with Crippen molar-refractivity contribution >= 4 is 23.5 Å². The van der Waals surface area contributed by atoms with E-state index >= 15 is 0 Å². The van der Waals surface area contributed by atoms with Crippen molar-refractivity contribution in [2.45, 2.75) is 26.0 Å². The molecule has 144 valence electrons. The van der Waals surface area contributed by atoms with E-state index in [0.29, 0.717) is 5.02 Å². The topological polar surface area (TPSA) is 73.2 Å². The van der Waals surface area contributed by atoms with Crippen molar-refractivity contribution < 1.29 is 14.3 Å². The Balaban J connectivity index is 1.58. The Morgan fingerprint density at radius 2 is 1.86 bits per heavy atom. The van der Waals surface area contributed by atoms with Crippen LogP contribution in [0.15, 0.2) is 67.0 Å². The number of hydrogen-bond acceptors (Lipinski definition) is 4. The Hall–Kier alpha value is -3.12. The van der Waals surface area contributed by atoms with Crippen LogP contribution in [0.1, 0.15) is 30.5 Å². The van der Waals surface area contributed by atoms with Gasteiger partial charge in [0.2, 0.25) is 5.91 Å². The van der Waals surface area contributed by atoms with Crippen LogP contribution in [-0.2, 0) is 20.9 Å². The molecule has 0 aliphatic rings. The summed E-state index contributed by atoms with van der Waals surface area (Å²) in [4.78, 5) is 23.8. The highest BCUT2D eigenvalue weighted by Crippen LogP contribution is 2.20.